The van der Waals surface area contributed by atoms with Crippen molar-refractivity contribution in [2.45, 2.75) is 12.4 Å². The van der Waals surface area contributed by atoms with Gasteiger partial charge >= 0.3 is 18.3 Å². The largest absolute Gasteiger partial charge is 0.477 e. The molecule has 1 aromatic rings. The number of hydrogen-bond donors (Lipinski definition) is 1. The summed E-state index contributed by atoms with van der Waals surface area (Å²) < 4.78 is 72.4. The molecule has 0 fully saturated rings. The maximum absolute atomic E-state index is 12.1. The number of thiazole rings is 1. The van der Waals surface area contributed by atoms with Crippen molar-refractivity contribution in [2.24, 2.45) is 0 Å². The van der Waals surface area contributed by atoms with E-state index in [1.165, 1.54) is 0 Å². The average molecular weight is 265 g/mol. The van der Waals surface area contributed by atoms with Gasteiger partial charge in [-0.2, -0.15) is 26.3 Å². The van der Waals surface area contributed by atoms with Gasteiger partial charge in [-0.3, -0.25) is 0 Å². The van der Waals surface area contributed by atoms with Crippen molar-refractivity contribution in [3.63, 3.8) is 0 Å². The molecule has 10 heteroatoms. The molecule has 16 heavy (non-hydrogen) atoms. The normalized spacial score (nSPS) is 12.9. The van der Waals surface area contributed by atoms with Crippen molar-refractivity contribution in [2.75, 3.05) is 0 Å². The van der Waals surface area contributed by atoms with Crippen molar-refractivity contribution >= 4 is 17.3 Å². The molecule has 0 aliphatic rings. The first-order valence-corrected chi connectivity index (χ1v) is 4.23. The standard InChI is InChI=1S/C6HF6NO2S/c7-5(8,9)2-1(3(14)15)16-4(13-2)6(10,11)12/h(H,14,15). The van der Waals surface area contributed by atoms with Crippen molar-refractivity contribution in [3.05, 3.63) is 15.6 Å². The Kier molecular flexibility index (Phi) is 2.88. The predicted octanol–water partition coefficient (Wildman–Crippen LogP) is 2.88. The summed E-state index contributed by atoms with van der Waals surface area (Å²) in [4.78, 5) is 11.1. The van der Waals surface area contributed by atoms with Gasteiger partial charge in [-0.1, -0.05) is 0 Å². The van der Waals surface area contributed by atoms with Crippen molar-refractivity contribution in [3.8, 4) is 0 Å². The SMILES string of the molecule is O=C(O)c1sc(C(F)(F)F)nc1C(F)(F)F. The third kappa shape index (κ3) is 2.43. The molecule has 0 saturated heterocycles. The number of rotatable bonds is 1. The lowest BCUT2D eigenvalue weighted by atomic mass is 10.3. The van der Waals surface area contributed by atoms with E-state index in [1.807, 2.05) is 0 Å². The Morgan fingerprint density at radius 1 is 1.12 bits per heavy atom. The molecule has 1 rings (SSSR count). The number of nitrogens with zero attached hydrogens (tertiary/aromatic N) is 1. The van der Waals surface area contributed by atoms with Gasteiger partial charge in [0.1, 0.15) is 4.88 Å². The molecule has 0 aliphatic heterocycles. The lowest BCUT2D eigenvalue weighted by molar-refractivity contribution is -0.147. The molecule has 0 spiro atoms. The Morgan fingerprint density at radius 3 is 1.88 bits per heavy atom. The lowest BCUT2D eigenvalue weighted by Gasteiger charge is -2.02. The second-order valence-corrected chi connectivity index (χ2v) is 3.50. The topological polar surface area (TPSA) is 50.2 Å². The van der Waals surface area contributed by atoms with E-state index in [1.54, 1.807) is 0 Å². The van der Waals surface area contributed by atoms with Gasteiger partial charge < -0.3 is 5.11 Å². The van der Waals surface area contributed by atoms with Crippen LogP contribution in [0.1, 0.15) is 20.4 Å². The van der Waals surface area contributed by atoms with Crippen LogP contribution in [0.5, 0.6) is 0 Å². The van der Waals surface area contributed by atoms with E-state index in [9.17, 15) is 31.1 Å². The zero-order chi connectivity index (χ0) is 12.7. The Morgan fingerprint density at radius 2 is 1.62 bits per heavy atom. The molecule has 0 saturated carbocycles. The van der Waals surface area contributed by atoms with E-state index in [-0.39, 0.29) is 0 Å². The highest BCUT2D eigenvalue weighted by atomic mass is 32.1. The van der Waals surface area contributed by atoms with Gasteiger partial charge in [0.05, 0.1) is 0 Å². The summed E-state index contributed by atoms with van der Waals surface area (Å²) >= 11 is -0.554. The quantitative estimate of drug-likeness (QED) is 0.794. The molecule has 90 valence electrons. The molecule has 0 amide bonds. The third-order valence-electron chi connectivity index (χ3n) is 1.33. The summed E-state index contributed by atoms with van der Waals surface area (Å²) in [5, 5.41) is 6.48. The van der Waals surface area contributed by atoms with Gasteiger partial charge in [0.2, 0.25) is 0 Å². The van der Waals surface area contributed by atoms with Crippen molar-refractivity contribution < 1.29 is 36.2 Å². The Bertz CT molecular complexity index is 420. The fourth-order valence-electron chi connectivity index (χ4n) is 0.778. The second-order valence-electron chi connectivity index (χ2n) is 2.50. The first-order chi connectivity index (χ1) is 7.03. The fraction of sp³-hybridized carbons (Fsp3) is 0.333. The summed E-state index contributed by atoms with van der Waals surface area (Å²) in [5.74, 6) is -2.10. The van der Waals surface area contributed by atoms with Crippen LogP contribution >= 0.6 is 11.3 Å². The number of carboxylic acids is 1. The number of carboxylic acid groups (broad SMARTS) is 1. The maximum Gasteiger partial charge on any atom is 0.443 e. The van der Waals surface area contributed by atoms with Crippen LogP contribution in [0.25, 0.3) is 0 Å². The molecular formula is C6HF6NO2S. The summed E-state index contributed by atoms with van der Waals surface area (Å²) in [6, 6.07) is 0. The van der Waals surface area contributed by atoms with Crippen LogP contribution in [-0.4, -0.2) is 16.1 Å². The van der Waals surface area contributed by atoms with E-state index in [4.69, 9.17) is 5.11 Å². The highest BCUT2D eigenvalue weighted by molar-refractivity contribution is 7.13. The number of aromatic carboxylic acids is 1. The van der Waals surface area contributed by atoms with Crippen molar-refractivity contribution in [1.29, 1.82) is 0 Å². The number of halogens is 6. The zero-order valence-electron chi connectivity index (χ0n) is 6.98. The van der Waals surface area contributed by atoms with Crippen LogP contribution in [-0.2, 0) is 12.4 Å². The molecule has 1 N–H and O–H groups in total. The summed E-state index contributed by atoms with van der Waals surface area (Å²) in [5.41, 5.74) is -2.03. The number of carbonyl (C=O) groups is 1. The Labute approximate surface area is 87.3 Å². The highest BCUT2D eigenvalue weighted by Gasteiger charge is 2.44. The minimum absolute atomic E-state index is 0.554. The van der Waals surface area contributed by atoms with E-state index >= 15 is 0 Å². The molecule has 0 aromatic carbocycles. The predicted molar refractivity (Wildman–Crippen MR) is 39.1 cm³/mol. The molecule has 1 aromatic heterocycles. The molecule has 0 bridgehead atoms. The first kappa shape index (κ1) is 12.7. The smallest absolute Gasteiger partial charge is 0.443 e. The Balaban J connectivity index is 3.38. The van der Waals surface area contributed by atoms with Gasteiger partial charge in [-0.05, 0) is 0 Å². The monoisotopic (exact) mass is 265 g/mol. The van der Waals surface area contributed by atoms with Gasteiger partial charge in [0.25, 0.3) is 0 Å². The highest BCUT2D eigenvalue weighted by Crippen LogP contribution is 2.39. The van der Waals surface area contributed by atoms with Gasteiger partial charge in [-0.15, -0.1) is 11.3 Å². The van der Waals surface area contributed by atoms with E-state index < -0.39 is 45.2 Å². The summed E-state index contributed by atoms with van der Waals surface area (Å²) in [6.45, 7) is 0. The molecule has 0 radical (unpaired) electrons. The Hall–Kier alpha value is -1.32. The number of hydrogen-bond acceptors (Lipinski definition) is 3. The molecule has 0 unspecified atom stereocenters. The minimum atomic E-state index is -5.23. The summed E-state index contributed by atoms with van der Waals surface area (Å²) in [7, 11) is 0. The molecule has 3 nitrogen and oxygen atoms in total. The van der Waals surface area contributed by atoms with Crippen molar-refractivity contribution in [1.82, 2.24) is 4.98 Å². The fourth-order valence-corrected chi connectivity index (χ4v) is 1.57. The van der Waals surface area contributed by atoms with Gasteiger partial charge in [0.15, 0.2) is 10.7 Å². The van der Waals surface area contributed by atoms with E-state index in [2.05, 4.69) is 4.98 Å². The van der Waals surface area contributed by atoms with Gasteiger partial charge in [-0.25, -0.2) is 9.78 Å². The van der Waals surface area contributed by atoms with Crippen LogP contribution in [0, 0.1) is 0 Å². The first-order valence-electron chi connectivity index (χ1n) is 3.42. The van der Waals surface area contributed by atoms with Crippen LogP contribution in [0.2, 0.25) is 0 Å². The third-order valence-corrected chi connectivity index (χ3v) is 2.42. The molecule has 1 heterocycles. The van der Waals surface area contributed by atoms with Crippen LogP contribution in [0.4, 0.5) is 26.3 Å². The molecular weight excluding hydrogens is 264 g/mol. The molecule has 0 atom stereocenters. The average Bonchev–Trinajstić information content (AvgIpc) is 2.44. The molecule has 0 aliphatic carbocycles. The maximum atomic E-state index is 12.1. The number of aromatic nitrogens is 1. The second kappa shape index (κ2) is 3.61. The minimum Gasteiger partial charge on any atom is -0.477 e. The number of alkyl halides is 6. The van der Waals surface area contributed by atoms with E-state index in [0.717, 1.165) is 0 Å². The lowest BCUT2D eigenvalue weighted by Crippen LogP contribution is -2.12. The van der Waals surface area contributed by atoms with E-state index in [0.29, 0.717) is 0 Å². The summed E-state index contributed by atoms with van der Waals surface area (Å²) in [6.07, 6.45) is -10.3. The van der Waals surface area contributed by atoms with Crippen LogP contribution in [0.15, 0.2) is 0 Å². The van der Waals surface area contributed by atoms with Gasteiger partial charge in [0, 0.05) is 0 Å². The van der Waals surface area contributed by atoms with Crippen LogP contribution in [0.3, 0.4) is 0 Å². The zero-order valence-corrected chi connectivity index (χ0v) is 7.80. The van der Waals surface area contributed by atoms with Crippen LogP contribution < -0.4 is 0 Å².